The number of nitrogens with zero attached hydrogens (tertiary/aromatic N) is 1. The van der Waals surface area contributed by atoms with Crippen LogP contribution in [0.25, 0.3) is 77.2 Å². The lowest BCUT2D eigenvalue weighted by Crippen LogP contribution is -2.10. The number of fused-ring (bicyclic) bond motifs is 4. The third-order valence-electron chi connectivity index (χ3n) is 10.5. The second-order valence-corrected chi connectivity index (χ2v) is 13.7. The molecular formula is C52H35NO. The molecule has 2 heteroatoms. The molecule has 1 aromatic heterocycles. The van der Waals surface area contributed by atoms with Gasteiger partial charge >= 0.3 is 0 Å². The molecule has 2 nitrogen and oxygen atoms in total. The molecule has 9 aromatic carbocycles. The highest BCUT2D eigenvalue weighted by atomic mass is 16.3. The van der Waals surface area contributed by atoms with Crippen molar-refractivity contribution in [1.82, 2.24) is 0 Å². The van der Waals surface area contributed by atoms with Gasteiger partial charge in [0.1, 0.15) is 11.2 Å². The Morgan fingerprint density at radius 2 is 0.833 bits per heavy atom. The van der Waals surface area contributed by atoms with Gasteiger partial charge in [0.15, 0.2) is 0 Å². The van der Waals surface area contributed by atoms with Gasteiger partial charge in [-0.15, -0.1) is 0 Å². The van der Waals surface area contributed by atoms with E-state index < -0.39 is 0 Å². The second-order valence-electron chi connectivity index (χ2n) is 13.7. The van der Waals surface area contributed by atoms with Crippen LogP contribution in [0, 0.1) is 0 Å². The molecular weight excluding hydrogens is 655 g/mol. The van der Waals surface area contributed by atoms with Gasteiger partial charge in [-0.1, -0.05) is 158 Å². The monoisotopic (exact) mass is 689 g/mol. The van der Waals surface area contributed by atoms with E-state index in [1.165, 1.54) is 38.6 Å². The van der Waals surface area contributed by atoms with Gasteiger partial charge in [-0.25, -0.2) is 0 Å². The lowest BCUT2D eigenvalue weighted by Gasteiger charge is -2.27. The molecule has 0 unspecified atom stereocenters. The Kier molecular flexibility index (Phi) is 7.85. The Labute approximate surface area is 314 Å². The lowest BCUT2D eigenvalue weighted by atomic mass is 9.95. The van der Waals surface area contributed by atoms with Crippen molar-refractivity contribution in [3.63, 3.8) is 0 Å². The first-order valence-corrected chi connectivity index (χ1v) is 18.4. The number of para-hydroxylation sites is 1. The summed E-state index contributed by atoms with van der Waals surface area (Å²) < 4.78 is 6.23. The Bertz CT molecular complexity index is 2930. The molecule has 0 spiro atoms. The maximum atomic E-state index is 6.23. The summed E-state index contributed by atoms with van der Waals surface area (Å²) in [6.45, 7) is 0. The van der Waals surface area contributed by atoms with Crippen molar-refractivity contribution in [3.05, 3.63) is 212 Å². The Hall–Kier alpha value is -7.16. The van der Waals surface area contributed by atoms with Crippen LogP contribution in [0.1, 0.15) is 0 Å². The Morgan fingerprint density at radius 3 is 1.63 bits per heavy atom. The zero-order chi connectivity index (χ0) is 35.8. The SMILES string of the molecule is c1ccc(-c2cccc(N(c3ccc(-c4cccc5oc6ccccc6c45)cc3)c3cccc(-c4cccc(-c5cccc6ccccc56)c4)c3)c2)cc1. The van der Waals surface area contributed by atoms with Gasteiger partial charge in [-0.3, -0.25) is 0 Å². The molecule has 1 heterocycles. The first kappa shape index (κ1) is 31.6. The minimum atomic E-state index is 0.901. The predicted molar refractivity (Wildman–Crippen MR) is 228 cm³/mol. The fraction of sp³-hybridized carbons (Fsp3) is 0. The minimum absolute atomic E-state index is 0.901. The summed E-state index contributed by atoms with van der Waals surface area (Å²) in [6, 6.07) is 75.9. The lowest BCUT2D eigenvalue weighted by molar-refractivity contribution is 0.669. The van der Waals surface area contributed by atoms with Gasteiger partial charge in [0, 0.05) is 27.8 Å². The topological polar surface area (TPSA) is 16.4 Å². The van der Waals surface area contributed by atoms with Crippen LogP contribution >= 0.6 is 0 Å². The van der Waals surface area contributed by atoms with Crippen LogP contribution in [0.2, 0.25) is 0 Å². The third kappa shape index (κ3) is 5.71. The van der Waals surface area contributed by atoms with E-state index in [0.717, 1.165) is 55.7 Å². The smallest absolute Gasteiger partial charge is 0.136 e. The van der Waals surface area contributed by atoms with Crippen LogP contribution in [0.5, 0.6) is 0 Å². The number of hydrogen-bond donors (Lipinski definition) is 0. The Morgan fingerprint density at radius 1 is 0.296 bits per heavy atom. The summed E-state index contributed by atoms with van der Waals surface area (Å²) in [5.41, 5.74) is 14.5. The maximum Gasteiger partial charge on any atom is 0.136 e. The van der Waals surface area contributed by atoms with Crippen molar-refractivity contribution < 1.29 is 4.42 Å². The summed E-state index contributed by atoms with van der Waals surface area (Å²) >= 11 is 0. The van der Waals surface area contributed by atoms with Crippen molar-refractivity contribution in [2.45, 2.75) is 0 Å². The molecule has 0 saturated carbocycles. The molecule has 0 N–H and O–H groups in total. The molecule has 0 saturated heterocycles. The van der Waals surface area contributed by atoms with Crippen LogP contribution in [-0.4, -0.2) is 0 Å². The zero-order valence-electron chi connectivity index (χ0n) is 29.6. The van der Waals surface area contributed by atoms with Crippen LogP contribution in [0.3, 0.4) is 0 Å². The van der Waals surface area contributed by atoms with Crippen LogP contribution < -0.4 is 4.90 Å². The van der Waals surface area contributed by atoms with Crippen molar-refractivity contribution in [3.8, 4) is 44.5 Å². The van der Waals surface area contributed by atoms with Crippen LogP contribution in [0.15, 0.2) is 217 Å². The van der Waals surface area contributed by atoms with E-state index in [1.54, 1.807) is 0 Å². The van der Waals surface area contributed by atoms with E-state index in [9.17, 15) is 0 Å². The molecule has 0 amide bonds. The maximum absolute atomic E-state index is 6.23. The number of benzene rings is 9. The first-order chi connectivity index (χ1) is 26.8. The number of furan rings is 1. The zero-order valence-corrected chi connectivity index (χ0v) is 29.6. The molecule has 10 rings (SSSR count). The predicted octanol–water partition coefficient (Wildman–Crippen LogP) is 14.9. The second kappa shape index (κ2) is 13.4. The summed E-state index contributed by atoms with van der Waals surface area (Å²) in [7, 11) is 0. The first-order valence-electron chi connectivity index (χ1n) is 18.4. The van der Waals surface area contributed by atoms with Crippen LogP contribution in [0.4, 0.5) is 17.1 Å². The summed E-state index contributed by atoms with van der Waals surface area (Å²) in [6.07, 6.45) is 0. The van der Waals surface area contributed by atoms with Crippen LogP contribution in [-0.2, 0) is 0 Å². The van der Waals surface area contributed by atoms with E-state index >= 15 is 0 Å². The molecule has 0 aliphatic carbocycles. The molecule has 0 fully saturated rings. The van der Waals surface area contributed by atoms with E-state index in [-0.39, 0.29) is 0 Å². The number of rotatable bonds is 7. The molecule has 54 heavy (non-hydrogen) atoms. The van der Waals surface area contributed by atoms with Gasteiger partial charge < -0.3 is 9.32 Å². The quantitative estimate of drug-likeness (QED) is 0.166. The summed E-state index contributed by atoms with van der Waals surface area (Å²) in [4.78, 5) is 2.36. The number of hydrogen-bond acceptors (Lipinski definition) is 2. The van der Waals surface area contributed by atoms with E-state index in [2.05, 4.69) is 205 Å². The van der Waals surface area contributed by atoms with Gasteiger partial charge in [0.05, 0.1) is 0 Å². The van der Waals surface area contributed by atoms with Crippen molar-refractivity contribution >= 4 is 49.8 Å². The molecule has 254 valence electrons. The molecule has 0 aliphatic heterocycles. The highest BCUT2D eigenvalue weighted by Crippen LogP contribution is 2.41. The van der Waals surface area contributed by atoms with E-state index in [1.807, 2.05) is 12.1 Å². The van der Waals surface area contributed by atoms with Gasteiger partial charge in [0.25, 0.3) is 0 Å². The van der Waals surface area contributed by atoms with Crippen molar-refractivity contribution in [2.75, 3.05) is 4.90 Å². The average molecular weight is 690 g/mol. The number of anilines is 3. The van der Waals surface area contributed by atoms with Gasteiger partial charge in [-0.05, 0) is 110 Å². The average Bonchev–Trinajstić information content (AvgIpc) is 3.64. The fourth-order valence-electron chi connectivity index (χ4n) is 7.88. The van der Waals surface area contributed by atoms with Gasteiger partial charge in [0.2, 0.25) is 0 Å². The highest BCUT2D eigenvalue weighted by Gasteiger charge is 2.17. The van der Waals surface area contributed by atoms with Gasteiger partial charge in [-0.2, -0.15) is 0 Å². The summed E-state index contributed by atoms with van der Waals surface area (Å²) in [5.74, 6) is 0. The molecule has 10 aromatic rings. The van der Waals surface area contributed by atoms with Crippen molar-refractivity contribution in [2.24, 2.45) is 0 Å². The molecule has 0 atom stereocenters. The third-order valence-corrected chi connectivity index (χ3v) is 10.5. The van der Waals surface area contributed by atoms with E-state index in [0.29, 0.717) is 0 Å². The molecule has 0 bridgehead atoms. The molecule has 0 aliphatic rings. The standard InChI is InChI=1S/C52H35NO/c1-2-13-36(14-3-1)40-18-9-21-44(34-40)53(43-31-29-38(30-32-43)48-26-12-28-51-52(48)49-24-6-7-27-50(49)54-51)45-22-10-19-41(35-45)39-17-8-20-42(33-39)47-25-11-16-37-15-4-5-23-46(37)47/h1-35H. The molecule has 0 radical (unpaired) electrons. The van der Waals surface area contributed by atoms with Crippen molar-refractivity contribution in [1.29, 1.82) is 0 Å². The normalized spacial score (nSPS) is 11.3. The largest absolute Gasteiger partial charge is 0.456 e. The summed E-state index contributed by atoms with van der Waals surface area (Å²) in [5, 5.41) is 4.78. The Balaban J connectivity index is 1.08. The fourth-order valence-corrected chi connectivity index (χ4v) is 7.88. The minimum Gasteiger partial charge on any atom is -0.456 e. The highest BCUT2D eigenvalue weighted by molar-refractivity contribution is 6.12. The van der Waals surface area contributed by atoms with E-state index in [4.69, 9.17) is 4.42 Å².